The van der Waals surface area contributed by atoms with E-state index in [-0.39, 0.29) is 0 Å². The van der Waals surface area contributed by atoms with Gasteiger partial charge in [0, 0.05) is 12.6 Å². The summed E-state index contributed by atoms with van der Waals surface area (Å²) in [6, 6.07) is 14.8. The summed E-state index contributed by atoms with van der Waals surface area (Å²) in [6.45, 7) is 7.70. The Balaban J connectivity index is 1.94. The van der Waals surface area contributed by atoms with Gasteiger partial charge in [0.25, 0.3) is 0 Å². The van der Waals surface area contributed by atoms with Gasteiger partial charge in [-0.15, -0.1) is 0 Å². The smallest absolute Gasteiger partial charge is 0.130 e. The van der Waals surface area contributed by atoms with E-state index in [1.165, 1.54) is 5.56 Å². The summed E-state index contributed by atoms with van der Waals surface area (Å²) >= 11 is 0. The number of hydrogen-bond donors (Lipinski definition) is 1. The molecule has 0 bridgehead atoms. The van der Waals surface area contributed by atoms with Crippen LogP contribution in [0.2, 0.25) is 0 Å². The highest BCUT2D eigenvalue weighted by atomic mass is 16.5. The van der Waals surface area contributed by atoms with Crippen molar-refractivity contribution in [3.8, 4) is 5.75 Å². The van der Waals surface area contributed by atoms with Crippen LogP contribution < -0.4 is 10.1 Å². The molecule has 2 aromatic rings. The second-order valence-corrected chi connectivity index (χ2v) is 5.45. The first kappa shape index (κ1) is 15.5. The molecule has 1 aromatic heterocycles. The van der Waals surface area contributed by atoms with Crippen molar-refractivity contribution < 1.29 is 4.74 Å². The van der Waals surface area contributed by atoms with Crippen molar-refractivity contribution in [2.75, 3.05) is 0 Å². The zero-order valence-corrected chi connectivity index (χ0v) is 13.1. The van der Waals surface area contributed by atoms with E-state index < -0.39 is 0 Å². The van der Waals surface area contributed by atoms with Crippen LogP contribution in [0.5, 0.6) is 5.75 Å². The molecular formula is C18H24N2O. The molecular weight excluding hydrogens is 260 g/mol. The molecule has 0 saturated carbocycles. The van der Waals surface area contributed by atoms with Crippen molar-refractivity contribution in [1.82, 2.24) is 10.3 Å². The Hall–Kier alpha value is -1.87. The molecule has 0 saturated heterocycles. The van der Waals surface area contributed by atoms with Gasteiger partial charge in [0.1, 0.15) is 12.4 Å². The minimum Gasteiger partial charge on any atom is -0.487 e. The van der Waals surface area contributed by atoms with Gasteiger partial charge in [-0.2, -0.15) is 0 Å². The molecule has 0 aliphatic carbocycles. The molecule has 1 heterocycles. The fourth-order valence-corrected chi connectivity index (χ4v) is 2.03. The van der Waals surface area contributed by atoms with Crippen LogP contribution in [0.15, 0.2) is 42.5 Å². The summed E-state index contributed by atoms with van der Waals surface area (Å²) in [7, 11) is 0. The standard InChI is InChI=1S/C18H24N2O/c1-4-15-7-5-10-18(11-15)21-13-17-9-6-8-16(20-17)12-19-14(2)3/h5-11,14,19H,4,12-13H2,1-3H3. The lowest BCUT2D eigenvalue weighted by Gasteiger charge is -2.10. The number of ether oxygens (including phenoxy) is 1. The van der Waals surface area contributed by atoms with E-state index >= 15 is 0 Å². The first-order valence-electron chi connectivity index (χ1n) is 7.57. The van der Waals surface area contributed by atoms with Crippen LogP contribution in [0, 0.1) is 0 Å². The van der Waals surface area contributed by atoms with E-state index in [9.17, 15) is 0 Å². The molecule has 112 valence electrons. The average molecular weight is 284 g/mol. The zero-order chi connectivity index (χ0) is 15.1. The van der Waals surface area contributed by atoms with Crippen molar-refractivity contribution in [2.45, 2.75) is 46.4 Å². The minimum absolute atomic E-state index is 0.462. The molecule has 0 atom stereocenters. The number of hydrogen-bond acceptors (Lipinski definition) is 3. The maximum absolute atomic E-state index is 5.83. The van der Waals surface area contributed by atoms with E-state index in [1.807, 2.05) is 30.3 Å². The van der Waals surface area contributed by atoms with Crippen LogP contribution in [0.3, 0.4) is 0 Å². The van der Waals surface area contributed by atoms with E-state index in [0.717, 1.165) is 30.1 Å². The lowest BCUT2D eigenvalue weighted by Crippen LogP contribution is -2.22. The third kappa shape index (κ3) is 5.20. The maximum atomic E-state index is 5.83. The maximum Gasteiger partial charge on any atom is 0.130 e. The summed E-state index contributed by atoms with van der Waals surface area (Å²) in [5.41, 5.74) is 3.29. The van der Waals surface area contributed by atoms with Crippen LogP contribution in [0.25, 0.3) is 0 Å². The van der Waals surface area contributed by atoms with Crippen LogP contribution >= 0.6 is 0 Å². The summed E-state index contributed by atoms with van der Waals surface area (Å²) in [5.74, 6) is 0.904. The zero-order valence-electron chi connectivity index (χ0n) is 13.1. The Bertz CT molecular complexity index is 567. The lowest BCUT2D eigenvalue weighted by atomic mass is 10.2. The molecule has 0 amide bonds. The highest BCUT2D eigenvalue weighted by Crippen LogP contribution is 2.15. The molecule has 0 spiro atoms. The number of benzene rings is 1. The third-order valence-electron chi connectivity index (χ3n) is 3.25. The number of nitrogens with zero attached hydrogens (tertiary/aromatic N) is 1. The number of rotatable bonds is 7. The highest BCUT2D eigenvalue weighted by Gasteiger charge is 2.01. The van der Waals surface area contributed by atoms with E-state index in [4.69, 9.17) is 4.74 Å². The number of aryl methyl sites for hydroxylation is 1. The van der Waals surface area contributed by atoms with E-state index in [1.54, 1.807) is 0 Å². The normalized spacial score (nSPS) is 10.9. The lowest BCUT2D eigenvalue weighted by molar-refractivity contribution is 0.300. The fourth-order valence-electron chi connectivity index (χ4n) is 2.03. The Morgan fingerprint density at radius 3 is 2.62 bits per heavy atom. The number of aromatic nitrogens is 1. The molecule has 3 nitrogen and oxygen atoms in total. The highest BCUT2D eigenvalue weighted by molar-refractivity contribution is 5.28. The summed E-state index contributed by atoms with van der Waals surface area (Å²) in [5, 5.41) is 3.37. The van der Waals surface area contributed by atoms with Crippen molar-refractivity contribution in [3.63, 3.8) is 0 Å². The van der Waals surface area contributed by atoms with E-state index in [2.05, 4.69) is 43.2 Å². The first-order valence-corrected chi connectivity index (χ1v) is 7.57. The molecule has 0 unspecified atom stereocenters. The Morgan fingerprint density at radius 2 is 1.86 bits per heavy atom. The minimum atomic E-state index is 0.462. The second kappa shape index (κ2) is 7.79. The molecule has 0 aliphatic heterocycles. The largest absolute Gasteiger partial charge is 0.487 e. The van der Waals surface area contributed by atoms with Gasteiger partial charge in [0.2, 0.25) is 0 Å². The topological polar surface area (TPSA) is 34.1 Å². The molecule has 0 radical (unpaired) electrons. The summed E-state index contributed by atoms with van der Waals surface area (Å²) < 4.78 is 5.83. The Kier molecular flexibility index (Phi) is 5.76. The monoisotopic (exact) mass is 284 g/mol. The van der Waals surface area contributed by atoms with Gasteiger partial charge >= 0.3 is 0 Å². The summed E-state index contributed by atoms with van der Waals surface area (Å²) in [6.07, 6.45) is 1.02. The first-order chi connectivity index (χ1) is 10.2. The van der Waals surface area contributed by atoms with Crippen LogP contribution in [0.4, 0.5) is 0 Å². The predicted octanol–water partition coefficient (Wildman–Crippen LogP) is 3.72. The Morgan fingerprint density at radius 1 is 1.10 bits per heavy atom. The molecule has 1 N–H and O–H groups in total. The quantitative estimate of drug-likeness (QED) is 0.841. The number of nitrogens with one attached hydrogen (secondary N) is 1. The number of pyridine rings is 1. The SMILES string of the molecule is CCc1cccc(OCc2cccc(CNC(C)C)n2)c1. The van der Waals surface area contributed by atoms with Crippen molar-refractivity contribution in [1.29, 1.82) is 0 Å². The van der Waals surface area contributed by atoms with Gasteiger partial charge in [-0.1, -0.05) is 39.0 Å². The van der Waals surface area contributed by atoms with Gasteiger partial charge < -0.3 is 10.1 Å². The van der Waals surface area contributed by atoms with Gasteiger partial charge in [0.05, 0.1) is 11.4 Å². The van der Waals surface area contributed by atoms with Gasteiger partial charge in [-0.05, 0) is 36.2 Å². The Labute approximate surface area is 127 Å². The van der Waals surface area contributed by atoms with Crippen LogP contribution in [-0.4, -0.2) is 11.0 Å². The molecule has 1 aromatic carbocycles. The molecule has 0 fully saturated rings. The van der Waals surface area contributed by atoms with E-state index in [0.29, 0.717) is 12.6 Å². The molecule has 0 aliphatic rings. The third-order valence-corrected chi connectivity index (χ3v) is 3.25. The molecule has 3 heteroatoms. The van der Waals surface area contributed by atoms with Gasteiger partial charge in [-0.3, -0.25) is 4.98 Å². The predicted molar refractivity (Wildman–Crippen MR) is 86.4 cm³/mol. The average Bonchev–Trinajstić information content (AvgIpc) is 2.51. The van der Waals surface area contributed by atoms with Crippen molar-refractivity contribution in [3.05, 3.63) is 59.4 Å². The second-order valence-electron chi connectivity index (χ2n) is 5.45. The fraction of sp³-hybridized carbons (Fsp3) is 0.389. The van der Waals surface area contributed by atoms with Crippen LogP contribution in [0.1, 0.15) is 37.7 Å². The van der Waals surface area contributed by atoms with Crippen LogP contribution in [-0.2, 0) is 19.6 Å². The van der Waals surface area contributed by atoms with Crippen molar-refractivity contribution >= 4 is 0 Å². The van der Waals surface area contributed by atoms with Crippen molar-refractivity contribution in [2.24, 2.45) is 0 Å². The molecule has 2 rings (SSSR count). The van der Waals surface area contributed by atoms with Gasteiger partial charge in [0.15, 0.2) is 0 Å². The summed E-state index contributed by atoms with van der Waals surface area (Å²) in [4.78, 5) is 4.61. The molecule has 21 heavy (non-hydrogen) atoms. The van der Waals surface area contributed by atoms with Gasteiger partial charge in [-0.25, -0.2) is 0 Å².